The predicted octanol–water partition coefficient (Wildman–Crippen LogP) is 0.982. The Morgan fingerprint density at radius 3 is 2.85 bits per heavy atom. The van der Waals surface area contributed by atoms with Crippen LogP contribution >= 0.6 is 0 Å². The lowest BCUT2D eigenvalue weighted by atomic mass is 10.1. The zero-order valence-corrected chi connectivity index (χ0v) is 8.62. The Morgan fingerprint density at radius 2 is 2.38 bits per heavy atom. The highest BCUT2D eigenvalue weighted by atomic mass is 16.2. The monoisotopic (exact) mass is 184 g/mol. The number of carbonyl (C=O) groups excluding carboxylic acids is 1. The fraction of sp³-hybridized carbons (Fsp3) is 0.900. The molecule has 1 fully saturated rings. The molecular weight excluding hydrogens is 164 g/mol. The lowest BCUT2D eigenvalue weighted by Gasteiger charge is -2.20. The predicted molar refractivity (Wildman–Crippen MR) is 53.2 cm³/mol. The number of carbonyl (C=O) groups is 1. The van der Waals surface area contributed by atoms with Gasteiger partial charge in [0.2, 0.25) is 5.91 Å². The van der Waals surface area contributed by atoms with Gasteiger partial charge < -0.3 is 10.6 Å². The fourth-order valence-corrected chi connectivity index (χ4v) is 1.80. The van der Waals surface area contributed by atoms with Gasteiger partial charge in [0.1, 0.15) is 0 Å². The molecule has 13 heavy (non-hydrogen) atoms. The van der Waals surface area contributed by atoms with Crippen LogP contribution in [0.3, 0.4) is 0 Å². The van der Waals surface area contributed by atoms with E-state index in [4.69, 9.17) is 5.73 Å². The summed E-state index contributed by atoms with van der Waals surface area (Å²) < 4.78 is 0. The van der Waals surface area contributed by atoms with Gasteiger partial charge in [-0.2, -0.15) is 0 Å². The molecule has 3 heteroatoms. The Labute approximate surface area is 80.3 Å². The molecule has 1 heterocycles. The topological polar surface area (TPSA) is 46.3 Å². The molecule has 3 nitrogen and oxygen atoms in total. The highest BCUT2D eigenvalue weighted by Crippen LogP contribution is 2.16. The molecule has 1 aliphatic heterocycles. The minimum atomic E-state index is -0.268. The molecule has 0 radical (unpaired) electrons. The largest absolute Gasteiger partial charge is 0.341 e. The van der Waals surface area contributed by atoms with E-state index in [1.807, 2.05) is 4.90 Å². The molecule has 1 saturated heterocycles. The molecule has 0 saturated carbocycles. The summed E-state index contributed by atoms with van der Waals surface area (Å²) in [6, 6.07) is -0.268. The maximum absolute atomic E-state index is 11.7. The van der Waals surface area contributed by atoms with Crippen LogP contribution in [0.25, 0.3) is 0 Å². The van der Waals surface area contributed by atoms with E-state index in [-0.39, 0.29) is 11.9 Å². The number of rotatable bonds is 3. The van der Waals surface area contributed by atoms with Crippen LogP contribution in [0, 0.1) is 5.92 Å². The van der Waals surface area contributed by atoms with Crippen molar-refractivity contribution >= 4 is 5.91 Å². The van der Waals surface area contributed by atoms with Gasteiger partial charge in [-0.05, 0) is 18.8 Å². The first-order valence-electron chi connectivity index (χ1n) is 5.19. The molecule has 2 N–H and O–H groups in total. The van der Waals surface area contributed by atoms with E-state index < -0.39 is 0 Å². The van der Waals surface area contributed by atoms with Crippen LogP contribution in [-0.4, -0.2) is 29.9 Å². The van der Waals surface area contributed by atoms with Crippen molar-refractivity contribution in [2.75, 3.05) is 13.1 Å². The van der Waals surface area contributed by atoms with Crippen molar-refractivity contribution in [2.24, 2.45) is 11.7 Å². The smallest absolute Gasteiger partial charge is 0.239 e. The highest BCUT2D eigenvalue weighted by Gasteiger charge is 2.26. The number of nitrogens with two attached hydrogens (primary N) is 1. The molecule has 1 amide bonds. The van der Waals surface area contributed by atoms with Crippen LogP contribution < -0.4 is 5.73 Å². The lowest BCUT2D eigenvalue weighted by Crippen LogP contribution is -2.42. The Balaban J connectivity index is 2.38. The summed E-state index contributed by atoms with van der Waals surface area (Å²) in [5, 5.41) is 0. The van der Waals surface area contributed by atoms with Crippen molar-refractivity contribution in [3.05, 3.63) is 0 Å². The van der Waals surface area contributed by atoms with Crippen molar-refractivity contribution in [3.8, 4) is 0 Å². The van der Waals surface area contributed by atoms with Gasteiger partial charge in [-0.1, -0.05) is 20.3 Å². The zero-order chi connectivity index (χ0) is 9.84. The Bertz CT molecular complexity index is 182. The van der Waals surface area contributed by atoms with E-state index in [2.05, 4.69) is 13.8 Å². The van der Waals surface area contributed by atoms with Crippen LogP contribution in [0.4, 0.5) is 0 Å². The Hall–Kier alpha value is -0.570. The number of likely N-dealkylation sites (tertiary alicyclic amines) is 1. The molecule has 0 bridgehead atoms. The number of hydrogen-bond acceptors (Lipinski definition) is 2. The first-order valence-corrected chi connectivity index (χ1v) is 5.19. The minimum absolute atomic E-state index is 0.145. The molecule has 2 atom stereocenters. The standard InChI is InChI=1S/C10H20N2O/c1-3-4-9(11)10(13)12-6-5-8(2)7-12/h8-9H,3-7,11H2,1-2H3/t8?,9-/m1/s1. The van der Waals surface area contributed by atoms with E-state index in [1.54, 1.807) is 0 Å². The number of amides is 1. The SMILES string of the molecule is CCC[C@@H](N)C(=O)N1CCC(C)C1. The summed E-state index contributed by atoms with van der Waals surface area (Å²) in [7, 11) is 0. The van der Waals surface area contributed by atoms with E-state index in [0.29, 0.717) is 5.92 Å². The zero-order valence-electron chi connectivity index (χ0n) is 8.62. The molecule has 0 spiro atoms. The summed E-state index contributed by atoms with van der Waals surface area (Å²) in [4.78, 5) is 13.6. The number of hydrogen-bond donors (Lipinski definition) is 1. The van der Waals surface area contributed by atoms with Gasteiger partial charge in [-0.15, -0.1) is 0 Å². The van der Waals surface area contributed by atoms with Crippen LogP contribution in [0.2, 0.25) is 0 Å². The summed E-state index contributed by atoms with van der Waals surface area (Å²) in [5.74, 6) is 0.795. The molecule has 1 aliphatic rings. The quantitative estimate of drug-likeness (QED) is 0.710. The first-order chi connectivity index (χ1) is 6.15. The molecule has 0 aromatic rings. The minimum Gasteiger partial charge on any atom is -0.341 e. The molecule has 1 unspecified atom stereocenters. The van der Waals surface area contributed by atoms with Crippen LogP contribution in [0.15, 0.2) is 0 Å². The average molecular weight is 184 g/mol. The van der Waals surface area contributed by atoms with Gasteiger partial charge in [-0.25, -0.2) is 0 Å². The third-order valence-corrected chi connectivity index (χ3v) is 2.65. The fourth-order valence-electron chi connectivity index (χ4n) is 1.80. The van der Waals surface area contributed by atoms with E-state index >= 15 is 0 Å². The van der Waals surface area contributed by atoms with E-state index in [0.717, 1.165) is 32.4 Å². The molecule has 0 aromatic heterocycles. The second-order valence-electron chi connectivity index (χ2n) is 4.07. The van der Waals surface area contributed by atoms with Crippen molar-refractivity contribution in [1.82, 2.24) is 4.90 Å². The third-order valence-electron chi connectivity index (χ3n) is 2.65. The van der Waals surface area contributed by atoms with E-state index in [1.165, 1.54) is 0 Å². The van der Waals surface area contributed by atoms with Crippen LogP contribution in [-0.2, 0) is 4.79 Å². The molecular formula is C10H20N2O. The second-order valence-corrected chi connectivity index (χ2v) is 4.07. The van der Waals surface area contributed by atoms with Crippen molar-refractivity contribution in [1.29, 1.82) is 0 Å². The van der Waals surface area contributed by atoms with Crippen molar-refractivity contribution in [2.45, 2.75) is 39.2 Å². The molecule has 0 aromatic carbocycles. The van der Waals surface area contributed by atoms with Gasteiger partial charge in [0.05, 0.1) is 6.04 Å². The molecule has 1 rings (SSSR count). The Kier molecular flexibility index (Phi) is 3.72. The molecule has 0 aliphatic carbocycles. The van der Waals surface area contributed by atoms with Crippen LogP contribution in [0.1, 0.15) is 33.1 Å². The Morgan fingerprint density at radius 1 is 1.69 bits per heavy atom. The van der Waals surface area contributed by atoms with Crippen LogP contribution in [0.5, 0.6) is 0 Å². The normalized spacial score (nSPS) is 24.8. The van der Waals surface area contributed by atoms with Gasteiger partial charge >= 0.3 is 0 Å². The average Bonchev–Trinajstić information content (AvgIpc) is 2.51. The summed E-state index contributed by atoms with van der Waals surface area (Å²) in [5.41, 5.74) is 5.76. The first kappa shape index (κ1) is 10.5. The maximum atomic E-state index is 11.7. The van der Waals surface area contributed by atoms with E-state index in [9.17, 15) is 4.79 Å². The number of nitrogens with zero attached hydrogens (tertiary/aromatic N) is 1. The summed E-state index contributed by atoms with van der Waals surface area (Å²) in [6.07, 6.45) is 2.92. The third kappa shape index (κ3) is 2.69. The van der Waals surface area contributed by atoms with Gasteiger partial charge in [0.25, 0.3) is 0 Å². The highest BCUT2D eigenvalue weighted by molar-refractivity contribution is 5.81. The summed E-state index contributed by atoms with van der Waals surface area (Å²) in [6.45, 7) is 6.03. The second kappa shape index (κ2) is 4.61. The summed E-state index contributed by atoms with van der Waals surface area (Å²) >= 11 is 0. The van der Waals surface area contributed by atoms with Crippen molar-refractivity contribution < 1.29 is 4.79 Å². The van der Waals surface area contributed by atoms with Gasteiger partial charge in [-0.3, -0.25) is 4.79 Å². The molecule has 76 valence electrons. The van der Waals surface area contributed by atoms with Gasteiger partial charge in [0.15, 0.2) is 0 Å². The lowest BCUT2D eigenvalue weighted by molar-refractivity contribution is -0.131. The van der Waals surface area contributed by atoms with Crippen molar-refractivity contribution in [3.63, 3.8) is 0 Å². The van der Waals surface area contributed by atoms with Gasteiger partial charge in [0, 0.05) is 13.1 Å². The maximum Gasteiger partial charge on any atom is 0.239 e.